The SMILES string of the molecule is COc1cccc(-c2nc(-c3cc4cc(Br)ccc4[nH]3)[nH]c2-c2oc(C)cc(=O)c2O)c1. The van der Waals surface area contributed by atoms with Crippen molar-refractivity contribution in [2.24, 2.45) is 0 Å². The van der Waals surface area contributed by atoms with Crippen LogP contribution in [0.25, 0.3) is 45.1 Å². The van der Waals surface area contributed by atoms with Gasteiger partial charge < -0.3 is 24.2 Å². The van der Waals surface area contributed by atoms with Gasteiger partial charge >= 0.3 is 0 Å². The van der Waals surface area contributed by atoms with Crippen LogP contribution in [0.2, 0.25) is 0 Å². The summed E-state index contributed by atoms with van der Waals surface area (Å²) >= 11 is 3.49. The number of imidazole rings is 1. The van der Waals surface area contributed by atoms with Crippen molar-refractivity contribution < 1.29 is 14.3 Å². The van der Waals surface area contributed by atoms with Gasteiger partial charge in [-0.3, -0.25) is 4.79 Å². The lowest BCUT2D eigenvalue weighted by atomic mass is 10.1. The summed E-state index contributed by atoms with van der Waals surface area (Å²) in [7, 11) is 1.59. The number of fused-ring (bicyclic) bond motifs is 1. The van der Waals surface area contributed by atoms with Gasteiger partial charge in [0.2, 0.25) is 11.2 Å². The van der Waals surface area contributed by atoms with E-state index < -0.39 is 11.2 Å². The molecule has 0 unspecified atom stereocenters. The number of aromatic amines is 2. The van der Waals surface area contributed by atoms with E-state index in [1.54, 1.807) is 14.0 Å². The fraction of sp³-hybridized carbons (Fsp3) is 0.0833. The molecule has 32 heavy (non-hydrogen) atoms. The highest BCUT2D eigenvalue weighted by Gasteiger charge is 2.22. The Hall–Kier alpha value is -3.78. The van der Waals surface area contributed by atoms with E-state index in [1.165, 1.54) is 6.07 Å². The quantitative estimate of drug-likeness (QED) is 0.302. The number of nitrogens with one attached hydrogen (secondary N) is 2. The molecular weight excluding hydrogens is 474 g/mol. The molecule has 0 fully saturated rings. The predicted molar refractivity (Wildman–Crippen MR) is 126 cm³/mol. The zero-order valence-corrected chi connectivity index (χ0v) is 18.8. The minimum Gasteiger partial charge on any atom is -0.501 e. The van der Waals surface area contributed by atoms with Crippen LogP contribution in [0.3, 0.4) is 0 Å². The first kappa shape index (κ1) is 20.1. The van der Waals surface area contributed by atoms with Crippen LogP contribution >= 0.6 is 15.9 Å². The van der Waals surface area contributed by atoms with Crippen LogP contribution in [0.4, 0.5) is 0 Å². The van der Waals surface area contributed by atoms with Crippen molar-refractivity contribution in [1.29, 1.82) is 0 Å². The van der Waals surface area contributed by atoms with E-state index >= 15 is 0 Å². The first-order chi connectivity index (χ1) is 15.4. The van der Waals surface area contributed by atoms with Gasteiger partial charge in [-0.2, -0.15) is 0 Å². The van der Waals surface area contributed by atoms with Crippen LogP contribution in [-0.2, 0) is 0 Å². The lowest BCUT2D eigenvalue weighted by molar-refractivity contribution is 0.415. The van der Waals surface area contributed by atoms with Gasteiger partial charge in [-0.25, -0.2) is 4.98 Å². The molecule has 0 saturated heterocycles. The molecule has 7 nitrogen and oxygen atoms in total. The largest absolute Gasteiger partial charge is 0.501 e. The van der Waals surface area contributed by atoms with E-state index in [0.717, 1.165) is 26.6 Å². The fourth-order valence-corrected chi connectivity index (χ4v) is 4.03. The van der Waals surface area contributed by atoms with Crippen molar-refractivity contribution in [3.63, 3.8) is 0 Å². The smallest absolute Gasteiger partial charge is 0.227 e. The first-order valence-corrected chi connectivity index (χ1v) is 10.6. The Labute approximate surface area is 190 Å². The maximum atomic E-state index is 12.2. The molecule has 0 bridgehead atoms. The molecular formula is C24H18BrN3O4. The molecule has 0 aliphatic heterocycles. The lowest BCUT2D eigenvalue weighted by Gasteiger charge is -2.06. The van der Waals surface area contributed by atoms with E-state index in [0.29, 0.717) is 28.7 Å². The van der Waals surface area contributed by atoms with Gasteiger partial charge in [0, 0.05) is 27.0 Å². The molecule has 160 valence electrons. The third-order valence-corrected chi connectivity index (χ3v) is 5.65. The fourth-order valence-electron chi connectivity index (χ4n) is 3.65. The van der Waals surface area contributed by atoms with Gasteiger partial charge in [0.25, 0.3) is 0 Å². The average Bonchev–Trinajstić information content (AvgIpc) is 3.40. The third kappa shape index (κ3) is 3.48. The Bertz CT molecular complexity index is 1530. The molecule has 0 amide bonds. The third-order valence-electron chi connectivity index (χ3n) is 5.16. The second-order valence-electron chi connectivity index (χ2n) is 7.35. The molecule has 0 radical (unpaired) electrons. The zero-order chi connectivity index (χ0) is 22.4. The van der Waals surface area contributed by atoms with Gasteiger partial charge in [-0.05, 0) is 43.3 Å². The molecule has 2 aromatic carbocycles. The van der Waals surface area contributed by atoms with Crippen molar-refractivity contribution in [3.8, 4) is 45.7 Å². The molecule has 0 aliphatic carbocycles. The number of halogens is 1. The minimum absolute atomic E-state index is 0.0328. The number of ether oxygens (including phenoxy) is 1. The number of hydrogen-bond donors (Lipinski definition) is 3. The van der Waals surface area contributed by atoms with Gasteiger partial charge in [0.1, 0.15) is 22.9 Å². The number of nitrogens with zero attached hydrogens (tertiary/aromatic N) is 1. The number of methoxy groups -OCH3 is 1. The maximum absolute atomic E-state index is 12.2. The van der Waals surface area contributed by atoms with E-state index in [2.05, 4.69) is 25.9 Å². The van der Waals surface area contributed by atoms with Gasteiger partial charge in [-0.15, -0.1) is 0 Å². The zero-order valence-electron chi connectivity index (χ0n) is 17.2. The molecule has 3 aromatic heterocycles. The summed E-state index contributed by atoms with van der Waals surface area (Å²) in [5.74, 6) is 1.13. The summed E-state index contributed by atoms with van der Waals surface area (Å²) in [6.45, 7) is 1.66. The van der Waals surface area contributed by atoms with Crippen LogP contribution in [-0.4, -0.2) is 27.2 Å². The van der Waals surface area contributed by atoms with Crippen LogP contribution in [0.5, 0.6) is 11.5 Å². The molecule has 0 aliphatic rings. The molecule has 0 saturated carbocycles. The average molecular weight is 492 g/mol. The summed E-state index contributed by atoms with van der Waals surface area (Å²) < 4.78 is 12.1. The van der Waals surface area contributed by atoms with Crippen LogP contribution in [0.15, 0.2) is 68.3 Å². The molecule has 5 rings (SSSR count). The van der Waals surface area contributed by atoms with Gasteiger partial charge in [0.05, 0.1) is 12.8 Å². The highest BCUT2D eigenvalue weighted by molar-refractivity contribution is 9.10. The van der Waals surface area contributed by atoms with Crippen molar-refractivity contribution >= 4 is 26.8 Å². The van der Waals surface area contributed by atoms with Crippen molar-refractivity contribution in [2.45, 2.75) is 6.92 Å². The van der Waals surface area contributed by atoms with Crippen LogP contribution in [0.1, 0.15) is 5.76 Å². The molecule has 0 spiro atoms. The number of H-pyrrole nitrogens is 2. The number of aryl methyl sites for hydroxylation is 1. The number of aromatic nitrogens is 3. The van der Waals surface area contributed by atoms with Gasteiger partial charge in [-0.1, -0.05) is 28.1 Å². The number of aromatic hydroxyl groups is 1. The molecule has 3 N–H and O–H groups in total. The highest BCUT2D eigenvalue weighted by atomic mass is 79.9. The summed E-state index contributed by atoms with van der Waals surface area (Å²) in [6, 6.07) is 16.5. The monoisotopic (exact) mass is 491 g/mol. The van der Waals surface area contributed by atoms with Crippen LogP contribution < -0.4 is 10.2 Å². The molecule has 5 aromatic rings. The molecule has 0 atom stereocenters. The standard InChI is InChI=1S/C24H18BrN3O4/c1-12-8-19(29)22(30)23(32-12)21-20(13-4-3-5-16(10-13)31-2)27-24(28-21)18-11-14-9-15(25)6-7-17(14)26-18/h3-11,26,30H,1-2H3,(H,27,28). The van der Waals surface area contributed by atoms with Crippen molar-refractivity contribution in [3.05, 3.63) is 75.1 Å². The predicted octanol–water partition coefficient (Wildman–Crippen LogP) is 5.63. The highest BCUT2D eigenvalue weighted by Crippen LogP contribution is 2.37. The lowest BCUT2D eigenvalue weighted by Crippen LogP contribution is -2.01. The summed E-state index contributed by atoms with van der Waals surface area (Å²) in [5, 5.41) is 11.5. The summed E-state index contributed by atoms with van der Waals surface area (Å²) in [5.41, 5.74) is 2.84. The maximum Gasteiger partial charge on any atom is 0.227 e. The van der Waals surface area contributed by atoms with Gasteiger partial charge in [0.15, 0.2) is 11.6 Å². The van der Waals surface area contributed by atoms with E-state index in [4.69, 9.17) is 14.1 Å². The Morgan fingerprint density at radius 3 is 2.75 bits per heavy atom. The number of hydrogen-bond acceptors (Lipinski definition) is 5. The Morgan fingerprint density at radius 2 is 1.94 bits per heavy atom. The first-order valence-electron chi connectivity index (χ1n) is 9.80. The normalized spacial score (nSPS) is 11.2. The Morgan fingerprint density at radius 1 is 1.09 bits per heavy atom. The Kier molecular flexibility index (Phi) is 4.86. The summed E-state index contributed by atoms with van der Waals surface area (Å²) in [4.78, 5) is 23.6. The molecule has 3 heterocycles. The van der Waals surface area contributed by atoms with E-state index in [1.807, 2.05) is 48.5 Å². The van der Waals surface area contributed by atoms with E-state index in [-0.39, 0.29) is 5.76 Å². The summed E-state index contributed by atoms with van der Waals surface area (Å²) in [6.07, 6.45) is 0. The topological polar surface area (TPSA) is 104 Å². The minimum atomic E-state index is -0.521. The number of rotatable bonds is 4. The Balaban J connectivity index is 1.76. The number of benzene rings is 2. The second kappa shape index (κ2) is 7.72. The van der Waals surface area contributed by atoms with Crippen molar-refractivity contribution in [2.75, 3.05) is 7.11 Å². The van der Waals surface area contributed by atoms with Crippen LogP contribution in [0, 0.1) is 6.92 Å². The molecule has 8 heteroatoms. The van der Waals surface area contributed by atoms with Crippen molar-refractivity contribution in [1.82, 2.24) is 15.0 Å². The second-order valence-corrected chi connectivity index (χ2v) is 8.27. The van der Waals surface area contributed by atoms with E-state index in [9.17, 15) is 9.90 Å².